The molecule has 2 heterocycles. The summed E-state index contributed by atoms with van der Waals surface area (Å²) >= 11 is 0. The zero-order valence-corrected chi connectivity index (χ0v) is 23.1. The van der Waals surface area contributed by atoms with E-state index in [-0.39, 0.29) is 29.6 Å². The van der Waals surface area contributed by atoms with Gasteiger partial charge in [0.2, 0.25) is 11.8 Å². The fourth-order valence-electron chi connectivity index (χ4n) is 5.73. The molecule has 0 unspecified atom stereocenters. The van der Waals surface area contributed by atoms with E-state index in [1.165, 1.54) is 23.2 Å². The molecule has 10 nitrogen and oxygen atoms in total. The number of anilines is 2. The van der Waals surface area contributed by atoms with Crippen molar-refractivity contribution in [3.8, 4) is 11.5 Å². The first kappa shape index (κ1) is 27.8. The van der Waals surface area contributed by atoms with Gasteiger partial charge in [-0.05, 0) is 76.9 Å². The van der Waals surface area contributed by atoms with Crippen LogP contribution in [0.1, 0.15) is 51.4 Å². The van der Waals surface area contributed by atoms with Gasteiger partial charge in [-0.3, -0.25) is 14.9 Å². The first-order valence-electron chi connectivity index (χ1n) is 14.0. The molecule has 214 valence electrons. The molecule has 4 amide bonds. The van der Waals surface area contributed by atoms with Gasteiger partial charge < -0.3 is 25.2 Å². The van der Waals surface area contributed by atoms with E-state index in [0.29, 0.717) is 24.4 Å². The van der Waals surface area contributed by atoms with Crippen molar-refractivity contribution < 1.29 is 23.5 Å². The predicted octanol–water partition coefficient (Wildman–Crippen LogP) is 4.11. The molecule has 5 rings (SSSR count). The fourth-order valence-corrected chi connectivity index (χ4v) is 5.73. The minimum atomic E-state index is -1.23. The lowest BCUT2D eigenvalue weighted by atomic mass is 10.0. The van der Waals surface area contributed by atoms with Crippen molar-refractivity contribution in [1.82, 2.24) is 14.8 Å². The number of aromatic nitrogens is 1. The molecule has 1 aliphatic heterocycles. The van der Waals surface area contributed by atoms with Crippen LogP contribution in [0, 0.1) is 11.2 Å². The summed E-state index contributed by atoms with van der Waals surface area (Å²) in [5.41, 5.74) is 4.45. The molecule has 2 aliphatic carbocycles. The Morgan fingerprint density at radius 2 is 1.73 bits per heavy atom. The molecule has 0 radical (unpaired) electrons. The number of benzene rings is 1. The summed E-state index contributed by atoms with van der Waals surface area (Å²) in [6, 6.07) is 7.24. The number of primary amides is 1. The minimum Gasteiger partial charge on any atom is -0.457 e. The number of carbonyl (C=O) groups excluding carboxylic acids is 3. The number of halogens is 1. The van der Waals surface area contributed by atoms with Crippen molar-refractivity contribution in [1.29, 1.82) is 0 Å². The van der Waals surface area contributed by atoms with Crippen LogP contribution in [0.25, 0.3) is 0 Å². The number of rotatable bonds is 8. The smallest absolute Gasteiger partial charge is 0.323 e. The van der Waals surface area contributed by atoms with Crippen LogP contribution in [-0.4, -0.2) is 71.9 Å². The Kier molecular flexibility index (Phi) is 7.93. The number of piperidine rings is 1. The topological polar surface area (TPSA) is 121 Å². The Bertz CT molecular complexity index is 1270. The van der Waals surface area contributed by atoms with Gasteiger partial charge in [-0.1, -0.05) is 12.8 Å². The van der Waals surface area contributed by atoms with Crippen molar-refractivity contribution in [2.75, 3.05) is 37.4 Å². The zero-order valence-electron chi connectivity index (χ0n) is 23.1. The lowest BCUT2D eigenvalue weighted by molar-refractivity contribution is -0.134. The number of hydrogen-bond donors (Lipinski definition) is 2. The third-order valence-electron chi connectivity index (χ3n) is 8.48. The molecule has 1 aromatic carbocycles. The van der Waals surface area contributed by atoms with Crippen molar-refractivity contribution >= 4 is 29.4 Å². The highest BCUT2D eigenvalue weighted by Gasteiger charge is 2.58. The van der Waals surface area contributed by atoms with Gasteiger partial charge in [0.15, 0.2) is 5.82 Å². The van der Waals surface area contributed by atoms with E-state index >= 15 is 4.39 Å². The maximum absolute atomic E-state index is 15.5. The lowest BCUT2D eigenvalue weighted by Gasteiger charge is -2.34. The summed E-state index contributed by atoms with van der Waals surface area (Å²) in [6.45, 7) is 1.88. The first-order chi connectivity index (χ1) is 19.2. The SMILES string of the molecule is CN1CCC(N(C)C(=O)Nc2cc(Oc3ccc(N(C(=O)C4(C(N)=O)CC4)C4CCCC4)c(F)c3)ccn2)CC1. The molecule has 2 saturated carbocycles. The molecule has 1 saturated heterocycles. The Morgan fingerprint density at radius 3 is 2.35 bits per heavy atom. The van der Waals surface area contributed by atoms with Crippen LogP contribution in [0.15, 0.2) is 36.5 Å². The van der Waals surface area contributed by atoms with E-state index in [1.54, 1.807) is 30.1 Å². The van der Waals surface area contributed by atoms with Crippen LogP contribution in [0.3, 0.4) is 0 Å². The number of nitrogens with one attached hydrogen (secondary N) is 1. The van der Waals surface area contributed by atoms with Crippen molar-refractivity contribution in [3.05, 3.63) is 42.3 Å². The van der Waals surface area contributed by atoms with Crippen LogP contribution in [0.5, 0.6) is 11.5 Å². The van der Waals surface area contributed by atoms with Crippen LogP contribution in [0.4, 0.5) is 20.7 Å². The third kappa shape index (κ3) is 5.74. The second kappa shape index (κ2) is 11.4. The average Bonchev–Trinajstić information content (AvgIpc) is 3.59. The Hall–Kier alpha value is -3.73. The third-order valence-corrected chi connectivity index (χ3v) is 8.48. The molecule has 1 aromatic heterocycles. The summed E-state index contributed by atoms with van der Waals surface area (Å²) in [7, 11) is 3.85. The van der Waals surface area contributed by atoms with Crippen LogP contribution < -0.4 is 20.7 Å². The van der Waals surface area contributed by atoms with E-state index in [0.717, 1.165) is 51.6 Å². The van der Waals surface area contributed by atoms with Crippen molar-refractivity contribution in [2.24, 2.45) is 11.1 Å². The molecule has 3 aliphatic rings. The van der Waals surface area contributed by atoms with E-state index in [9.17, 15) is 14.4 Å². The highest BCUT2D eigenvalue weighted by Crippen LogP contribution is 2.49. The lowest BCUT2D eigenvalue weighted by Crippen LogP contribution is -2.48. The van der Waals surface area contributed by atoms with Crippen LogP contribution in [-0.2, 0) is 9.59 Å². The summed E-state index contributed by atoms with van der Waals surface area (Å²) in [5.74, 6) is -0.783. The summed E-state index contributed by atoms with van der Waals surface area (Å²) in [4.78, 5) is 47.9. The van der Waals surface area contributed by atoms with Gasteiger partial charge in [0.1, 0.15) is 22.7 Å². The van der Waals surface area contributed by atoms with Gasteiger partial charge in [-0.25, -0.2) is 14.2 Å². The quantitative estimate of drug-likeness (QED) is 0.476. The predicted molar refractivity (Wildman–Crippen MR) is 149 cm³/mol. The number of ether oxygens (including phenoxy) is 1. The molecular formula is C29H37FN6O4. The number of nitrogens with two attached hydrogens (primary N) is 1. The molecular weight excluding hydrogens is 515 g/mol. The Balaban J connectivity index is 1.28. The number of amides is 4. The van der Waals surface area contributed by atoms with Gasteiger partial charge in [-0.15, -0.1) is 0 Å². The second-order valence-electron chi connectivity index (χ2n) is 11.2. The summed E-state index contributed by atoms with van der Waals surface area (Å²) in [5, 5.41) is 2.81. The van der Waals surface area contributed by atoms with E-state index in [4.69, 9.17) is 10.5 Å². The number of carbonyl (C=O) groups is 3. The van der Waals surface area contributed by atoms with Gasteiger partial charge in [0.05, 0.1) is 5.69 Å². The Labute approximate surface area is 233 Å². The molecule has 0 bridgehead atoms. The number of likely N-dealkylation sites (tertiary alicyclic amines) is 1. The largest absolute Gasteiger partial charge is 0.457 e. The monoisotopic (exact) mass is 552 g/mol. The average molecular weight is 553 g/mol. The first-order valence-corrected chi connectivity index (χ1v) is 14.0. The van der Waals surface area contributed by atoms with E-state index in [2.05, 4.69) is 22.2 Å². The highest BCUT2D eigenvalue weighted by molar-refractivity contribution is 6.14. The maximum atomic E-state index is 15.5. The van der Waals surface area contributed by atoms with E-state index < -0.39 is 23.0 Å². The van der Waals surface area contributed by atoms with Gasteiger partial charge in [-0.2, -0.15) is 0 Å². The summed E-state index contributed by atoms with van der Waals surface area (Å²) < 4.78 is 21.4. The molecule has 0 atom stereocenters. The van der Waals surface area contributed by atoms with Gasteiger partial charge >= 0.3 is 6.03 Å². The van der Waals surface area contributed by atoms with Crippen LogP contribution in [0.2, 0.25) is 0 Å². The zero-order chi connectivity index (χ0) is 28.4. The molecule has 2 aromatic rings. The highest BCUT2D eigenvalue weighted by atomic mass is 19.1. The molecule has 3 N–H and O–H groups in total. The van der Waals surface area contributed by atoms with Crippen molar-refractivity contribution in [3.63, 3.8) is 0 Å². The van der Waals surface area contributed by atoms with Crippen molar-refractivity contribution in [2.45, 2.75) is 63.5 Å². The second-order valence-corrected chi connectivity index (χ2v) is 11.2. The number of urea groups is 1. The number of pyridine rings is 1. The number of nitrogens with zero attached hydrogens (tertiary/aromatic N) is 4. The van der Waals surface area contributed by atoms with Crippen LogP contribution >= 0.6 is 0 Å². The van der Waals surface area contributed by atoms with Gasteiger partial charge in [0, 0.05) is 37.5 Å². The Morgan fingerprint density at radius 1 is 1.05 bits per heavy atom. The normalized spacial score (nSPS) is 19.2. The molecule has 0 spiro atoms. The standard InChI is InChI=1S/C29H37FN6O4/c1-34-15-10-19(11-16-34)35(2)28(39)33-25-18-22(9-14-32-25)40-21-7-8-24(23(30)17-21)36(20-5-3-4-6-20)27(38)29(12-13-29)26(31)37/h7-9,14,17-20H,3-6,10-13,15-16H2,1-2H3,(H2,31,37)(H,32,33,39). The summed E-state index contributed by atoms with van der Waals surface area (Å²) in [6.07, 6.45) is 7.48. The number of hydrogen-bond acceptors (Lipinski definition) is 6. The maximum Gasteiger partial charge on any atom is 0.323 e. The molecule has 11 heteroatoms. The fraction of sp³-hybridized carbons (Fsp3) is 0.517. The molecule has 40 heavy (non-hydrogen) atoms. The minimum absolute atomic E-state index is 0.122. The van der Waals surface area contributed by atoms with Gasteiger partial charge in [0.25, 0.3) is 0 Å². The van der Waals surface area contributed by atoms with E-state index in [1.807, 2.05) is 0 Å². The molecule has 3 fully saturated rings.